The highest BCUT2D eigenvalue weighted by atomic mass is 79.9. The van der Waals surface area contributed by atoms with E-state index < -0.39 is 6.10 Å². The fraction of sp³-hybridized carbons (Fsp3) is 0.364. The van der Waals surface area contributed by atoms with Crippen molar-refractivity contribution in [1.82, 2.24) is 15.1 Å². The first-order valence-electron chi connectivity index (χ1n) is 5.32. The Morgan fingerprint density at radius 2 is 2.06 bits per heavy atom. The lowest BCUT2D eigenvalue weighted by Crippen LogP contribution is -2.11. The van der Waals surface area contributed by atoms with Crippen LogP contribution in [-0.4, -0.2) is 26.3 Å². The van der Waals surface area contributed by atoms with E-state index >= 15 is 0 Å². The minimum absolute atomic E-state index is 0.208. The number of hydrogen-bond donors (Lipinski definition) is 1. The molecule has 2 aromatic rings. The van der Waals surface area contributed by atoms with Gasteiger partial charge in [-0.15, -0.1) is 0 Å². The van der Waals surface area contributed by atoms with E-state index in [9.17, 15) is 5.11 Å². The smallest absolute Gasteiger partial charge is 0.232 e. The van der Waals surface area contributed by atoms with Crippen LogP contribution in [-0.2, 0) is 0 Å². The topological polar surface area (TPSA) is 72.0 Å². The summed E-state index contributed by atoms with van der Waals surface area (Å²) in [6, 6.07) is 1.86. The predicted octanol–water partition coefficient (Wildman–Crippen LogP) is 3.14. The van der Waals surface area contributed by atoms with Gasteiger partial charge in [0.2, 0.25) is 11.7 Å². The Labute approximate surface area is 121 Å². The lowest BCUT2D eigenvalue weighted by atomic mass is 10.1. The quantitative estimate of drug-likeness (QED) is 0.890. The third-order valence-electron chi connectivity index (χ3n) is 2.57. The monoisotopic (exact) mass is 375 g/mol. The first kappa shape index (κ1) is 13.6. The van der Waals surface area contributed by atoms with E-state index in [4.69, 9.17) is 4.52 Å². The third kappa shape index (κ3) is 2.78. The summed E-state index contributed by atoms with van der Waals surface area (Å²) in [5.41, 5.74) is 0.603. The highest BCUT2D eigenvalue weighted by Gasteiger charge is 2.20. The van der Waals surface area contributed by atoms with Crippen molar-refractivity contribution in [2.45, 2.75) is 25.9 Å². The Kier molecular flexibility index (Phi) is 4.14. The Morgan fingerprint density at radius 3 is 2.67 bits per heavy atom. The molecule has 2 rings (SSSR count). The van der Waals surface area contributed by atoms with Gasteiger partial charge in [-0.3, -0.25) is 4.98 Å². The molecule has 0 aliphatic heterocycles. The van der Waals surface area contributed by atoms with Crippen molar-refractivity contribution in [3.05, 3.63) is 27.1 Å². The van der Waals surface area contributed by atoms with Crippen LogP contribution in [0, 0.1) is 0 Å². The minimum atomic E-state index is -0.542. The maximum Gasteiger partial charge on any atom is 0.232 e. The number of hydrogen-bond acceptors (Lipinski definition) is 5. The molecule has 0 spiro atoms. The van der Waals surface area contributed by atoms with E-state index in [0.29, 0.717) is 17.4 Å². The van der Waals surface area contributed by atoms with Gasteiger partial charge < -0.3 is 9.63 Å². The van der Waals surface area contributed by atoms with Gasteiger partial charge in [0.1, 0.15) is 5.69 Å². The highest BCUT2D eigenvalue weighted by Crippen LogP contribution is 2.28. The van der Waals surface area contributed by atoms with Crippen molar-refractivity contribution in [3.8, 4) is 11.5 Å². The van der Waals surface area contributed by atoms with Gasteiger partial charge in [-0.1, -0.05) is 12.1 Å². The van der Waals surface area contributed by atoms with Crippen LogP contribution in [0.25, 0.3) is 11.5 Å². The van der Waals surface area contributed by atoms with E-state index in [1.54, 1.807) is 13.1 Å². The molecule has 0 aromatic carbocycles. The first-order valence-corrected chi connectivity index (χ1v) is 6.90. The summed E-state index contributed by atoms with van der Waals surface area (Å²) in [7, 11) is 0. The normalized spacial score (nSPS) is 14.5. The molecule has 7 heteroatoms. The summed E-state index contributed by atoms with van der Waals surface area (Å²) in [5.74, 6) is 0.592. The Balaban J connectivity index is 2.35. The standard InChI is InChI=1S/C11H11Br2N3O2/c1-5(6(2)17)11-15-10(16-18-11)9-8(13)3-7(12)4-14-9/h3-6,17H,1-2H3. The van der Waals surface area contributed by atoms with Crippen LogP contribution in [0.2, 0.25) is 0 Å². The van der Waals surface area contributed by atoms with Crippen molar-refractivity contribution < 1.29 is 9.63 Å². The largest absolute Gasteiger partial charge is 0.393 e. The molecule has 2 aromatic heterocycles. The summed E-state index contributed by atoms with van der Waals surface area (Å²) in [6.45, 7) is 3.51. The van der Waals surface area contributed by atoms with Gasteiger partial charge in [0.25, 0.3) is 0 Å². The van der Waals surface area contributed by atoms with Crippen LogP contribution in [0.3, 0.4) is 0 Å². The molecule has 5 nitrogen and oxygen atoms in total. The lowest BCUT2D eigenvalue weighted by molar-refractivity contribution is 0.151. The van der Waals surface area contributed by atoms with E-state index in [0.717, 1.165) is 8.95 Å². The van der Waals surface area contributed by atoms with Crippen molar-refractivity contribution in [2.24, 2.45) is 0 Å². The minimum Gasteiger partial charge on any atom is -0.393 e. The van der Waals surface area contributed by atoms with Crippen LogP contribution in [0.5, 0.6) is 0 Å². The molecule has 0 aliphatic rings. The molecule has 0 amide bonds. The second-order valence-corrected chi connectivity index (χ2v) is 5.74. The zero-order chi connectivity index (χ0) is 13.3. The lowest BCUT2D eigenvalue weighted by Gasteiger charge is -2.08. The van der Waals surface area contributed by atoms with Crippen LogP contribution < -0.4 is 0 Å². The molecule has 2 atom stereocenters. The van der Waals surface area contributed by atoms with Gasteiger partial charge in [0.05, 0.1) is 12.0 Å². The number of aromatic nitrogens is 3. The van der Waals surface area contributed by atoms with Crippen LogP contribution in [0.4, 0.5) is 0 Å². The molecule has 0 saturated heterocycles. The van der Waals surface area contributed by atoms with Crippen molar-refractivity contribution >= 4 is 31.9 Å². The molecule has 2 heterocycles. The molecular weight excluding hydrogens is 366 g/mol. The van der Waals surface area contributed by atoms with Gasteiger partial charge in [-0.25, -0.2) is 0 Å². The molecule has 96 valence electrons. The molecule has 2 unspecified atom stereocenters. The van der Waals surface area contributed by atoms with Crippen molar-refractivity contribution in [3.63, 3.8) is 0 Å². The SMILES string of the molecule is CC(O)C(C)c1nc(-c2ncc(Br)cc2Br)no1. The van der Waals surface area contributed by atoms with Gasteiger partial charge in [-0.2, -0.15) is 4.98 Å². The Morgan fingerprint density at radius 1 is 1.33 bits per heavy atom. The fourth-order valence-electron chi connectivity index (χ4n) is 1.30. The predicted molar refractivity (Wildman–Crippen MR) is 73.0 cm³/mol. The average molecular weight is 377 g/mol. The summed E-state index contributed by atoms with van der Waals surface area (Å²) in [4.78, 5) is 8.47. The molecule has 0 radical (unpaired) electrons. The maximum atomic E-state index is 9.49. The zero-order valence-corrected chi connectivity index (χ0v) is 12.9. The number of rotatable bonds is 3. The Bertz CT molecular complexity index is 557. The second-order valence-electron chi connectivity index (χ2n) is 3.97. The summed E-state index contributed by atoms with van der Waals surface area (Å²) in [5, 5.41) is 13.4. The molecule has 0 bridgehead atoms. The van der Waals surface area contributed by atoms with Crippen LogP contribution >= 0.6 is 31.9 Å². The molecule has 0 aliphatic carbocycles. The van der Waals surface area contributed by atoms with Gasteiger partial charge in [0, 0.05) is 15.1 Å². The van der Waals surface area contributed by atoms with E-state index in [2.05, 4.69) is 47.0 Å². The third-order valence-corrected chi connectivity index (χ3v) is 3.61. The molecule has 18 heavy (non-hydrogen) atoms. The highest BCUT2D eigenvalue weighted by molar-refractivity contribution is 9.11. The molecular formula is C11H11Br2N3O2. The van der Waals surface area contributed by atoms with Crippen molar-refractivity contribution in [2.75, 3.05) is 0 Å². The maximum absolute atomic E-state index is 9.49. The average Bonchev–Trinajstić information content (AvgIpc) is 2.77. The molecule has 1 N–H and O–H groups in total. The van der Waals surface area contributed by atoms with Crippen molar-refractivity contribution in [1.29, 1.82) is 0 Å². The van der Waals surface area contributed by atoms with E-state index in [1.165, 1.54) is 0 Å². The number of nitrogens with zero attached hydrogens (tertiary/aromatic N) is 3. The number of pyridine rings is 1. The number of aliphatic hydroxyl groups is 1. The van der Waals surface area contributed by atoms with E-state index in [1.807, 2.05) is 13.0 Å². The second kappa shape index (κ2) is 5.46. The van der Waals surface area contributed by atoms with Gasteiger partial charge >= 0.3 is 0 Å². The molecule has 0 fully saturated rings. The summed E-state index contributed by atoms with van der Waals surface area (Å²) < 4.78 is 6.77. The number of aliphatic hydroxyl groups excluding tert-OH is 1. The van der Waals surface area contributed by atoms with Crippen LogP contribution in [0.15, 0.2) is 25.7 Å². The zero-order valence-electron chi connectivity index (χ0n) is 9.76. The Hall–Kier alpha value is -0.790. The van der Waals surface area contributed by atoms with E-state index in [-0.39, 0.29) is 5.92 Å². The first-order chi connectivity index (χ1) is 8.49. The van der Waals surface area contributed by atoms with Crippen LogP contribution in [0.1, 0.15) is 25.7 Å². The number of halogens is 2. The summed E-state index contributed by atoms with van der Waals surface area (Å²) in [6.07, 6.45) is 1.12. The van der Waals surface area contributed by atoms with Gasteiger partial charge in [0.15, 0.2) is 0 Å². The van der Waals surface area contributed by atoms with Gasteiger partial charge in [-0.05, 0) is 44.8 Å². The molecule has 0 saturated carbocycles. The fourth-order valence-corrected chi connectivity index (χ4v) is 2.47. The summed E-state index contributed by atoms with van der Waals surface area (Å²) >= 11 is 6.72.